The Labute approximate surface area is 167 Å². The van der Waals surface area contributed by atoms with E-state index < -0.39 is 40.5 Å². The topological polar surface area (TPSA) is 122 Å². The highest BCUT2D eigenvalue weighted by atomic mass is 32.2. The third-order valence-electron chi connectivity index (χ3n) is 5.32. The van der Waals surface area contributed by atoms with E-state index >= 15 is 0 Å². The largest absolute Gasteiger partial charge is 0.387 e. The van der Waals surface area contributed by atoms with Gasteiger partial charge < -0.3 is 24.6 Å². The molecule has 0 saturated carbocycles. The summed E-state index contributed by atoms with van der Waals surface area (Å²) in [7, 11) is -3.46. The van der Waals surface area contributed by atoms with Gasteiger partial charge in [0.25, 0.3) is 0 Å². The molecule has 0 bridgehead atoms. The van der Waals surface area contributed by atoms with Crippen LogP contribution < -0.4 is 0 Å². The molecule has 1 aliphatic rings. The SMILES string of the molecule is Cc1ccnc2c1ccn2[C@@H]1O[C@H]([C@H](O)c2cccc(S(C)(=O)=O)c2)[C@@H](O)[C@H]1O. The van der Waals surface area contributed by atoms with Crippen molar-refractivity contribution >= 4 is 20.9 Å². The fraction of sp³-hybridized carbons (Fsp3) is 0.350. The van der Waals surface area contributed by atoms with Crippen LogP contribution in [0.15, 0.2) is 53.7 Å². The first-order valence-corrected chi connectivity index (χ1v) is 11.0. The summed E-state index contributed by atoms with van der Waals surface area (Å²) < 4.78 is 31.0. The van der Waals surface area contributed by atoms with Crippen LogP contribution in [0.4, 0.5) is 0 Å². The molecule has 1 fully saturated rings. The maximum Gasteiger partial charge on any atom is 0.175 e. The number of fused-ring (bicyclic) bond motifs is 1. The van der Waals surface area contributed by atoms with Crippen LogP contribution in [-0.4, -0.2) is 57.9 Å². The molecule has 3 heterocycles. The highest BCUT2D eigenvalue weighted by molar-refractivity contribution is 7.90. The summed E-state index contributed by atoms with van der Waals surface area (Å²) >= 11 is 0. The van der Waals surface area contributed by atoms with Gasteiger partial charge >= 0.3 is 0 Å². The predicted octanol–water partition coefficient (Wildman–Crippen LogP) is 1.10. The van der Waals surface area contributed by atoms with Gasteiger partial charge in [0.05, 0.1) is 4.90 Å². The molecule has 0 amide bonds. The Kier molecular flexibility index (Phi) is 4.96. The summed E-state index contributed by atoms with van der Waals surface area (Å²) in [5.41, 5.74) is 1.88. The van der Waals surface area contributed by atoms with Gasteiger partial charge in [-0.25, -0.2) is 13.4 Å². The molecular weight excluding hydrogens is 396 g/mol. The molecule has 154 valence electrons. The second-order valence-corrected chi connectivity index (χ2v) is 9.37. The maximum atomic E-state index is 11.8. The Morgan fingerprint density at radius 1 is 1.17 bits per heavy atom. The van der Waals surface area contributed by atoms with Crippen LogP contribution >= 0.6 is 0 Å². The van der Waals surface area contributed by atoms with E-state index in [2.05, 4.69) is 4.98 Å². The molecule has 3 aromatic rings. The molecule has 8 nitrogen and oxygen atoms in total. The Morgan fingerprint density at radius 3 is 2.66 bits per heavy atom. The number of aromatic nitrogens is 2. The van der Waals surface area contributed by atoms with Crippen LogP contribution in [0.25, 0.3) is 11.0 Å². The quantitative estimate of drug-likeness (QED) is 0.580. The summed E-state index contributed by atoms with van der Waals surface area (Å²) in [5, 5.41) is 32.8. The van der Waals surface area contributed by atoms with E-state index in [1.165, 1.54) is 18.2 Å². The summed E-state index contributed by atoms with van der Waals surface area (Å²) in [4.78, 5) is 4.38. The molecule has 0 aliphatic carbocycles. The molecule has 0 spiro atoms. The molecule has 2 aromatic heterocycles. The number of aliphatic hydroxyl groups excluding tert-OH is 3. The van der Waals surface area contributed by atoms with Crippen molar-refractivity contribution < 1.29 is 28.5 Å². The Hall–Kier alpha value is -2.30. The van der Waals surface area contributed by atoms with E-state index in [4.69, 9.17) is 4.74 Å². The van der Waals surface area contributed by atoms with E-state index in [0.29, 0.717) is 5.65 Å². The van der Waals surface area contributed by atoms with Crippen molar-refractivity contribution in [3.8, 4) is 0 Å². The van der Waals surface area contributed by atoms with Gasteiger partial charge in [-0.2, -0.15) is 0 Å². The molecule has 0 unspecified atom stereocenters. The number of nitrogens with zero attached hydrogens (tertiary/aromatic N) is 2. The predicted molar refractivity (Wildman–Crippen MR) is 105 cm³/mol. The van der Waals surface area contributed by atoms with E-state index in [9.17, 15) is 23.7 Å². The number of hydrogen-bond acceptors (Lipinski definition) is 7. The van der Waals surface area contributed by atoms with Crippen molar-refractivity contribution in [1.29, 1.82) is 0 Å². The van der Waals surface area contributed by atoms with Gasteiger partial charge in [0.2, 0.25) is 0 Å². The first-order valence-electron chi connectivity index (χ1n) is 9.10. The molecule has 4 rings (SSSR count). The third-order valence-corrected chi connectivity index (χ3v) is 6.43. The zero-order chi connectivity index (χ0) is 20.9. The monoisotopic (exact) mass is 418 g/mol. The number of sulfone groups is 1. The molecule has 1 saturated heterocycles. The Balaban J connectivity index is 1.66. The van der Waals surface area contributed by atoms with Crippen LogP contribution in [0.5, 0.6) is 0 Å². The van der Waals surface area contributed by atoms with Crippen LogP contribution in [0.3, 0.4) is 0 Å². The molecule has 1 aromatic carbocycles. The average molecular weight is 418 g/mol. The fourth-order valence-corrected chi connectivity index (χ4v) is 4.37. The van der Waals surface area contributed by atoms with Crippen molar-refractivity contribution in [1.82, 2.24) is 9.55 Å². The van der Waals surface area contributed by atoms with E-state index in [-0.39, 0.29) is 10.5 Å². The second kappa shape index (κ2) is 7.19. The lowest BCUT2D eigenvalue weighted by Gasteiger charge is -2.22. The Morgan fingerprint density at radius 2 is 1.93 bits per heavy atom. The normalized spacial score (nSPS) is 26.1. The lowest BCUT2D eigenvalue weighted by atomic mass is 9.99. The minimum Gasteiger partial charge on any atom is -0.387 e. The van der Waals surface area contributed by atoms with Crippen LogP contribution in [0, 0.1) is 6.92 Å². The van der Waals surface area contributed by atoms with Gasteiger partial charge in [0.15, 0.2) is 16.1 Å². The minimum atomic E-state index is -3.46. The van der Waals surface area contributed by atoms with Crippen LogP contribution in [0.1, 0.15) is 23.5 Å². The van der Waals surface area contributed by atoms with Crippen LogP contribution in [0.2, 0.25) is 0 Å². The minimum absolute atomic E-state index is 0.0507. The zero-order valence-corrected chi connectivity index (χ0v) is 16.7. The summed E-state index contributed by atoms with van der Waals surface area (Å²) in [6, 6.07) is 9.54. The fourth-order valence-electron chi connectivity index (χ4n) is 3.69. The van der Waals surface area contributed by atoms with Gasteiger partial charge in [0.1, 0.15) is 30.1 Å². The summed E-state index contributed by atoms with van der Waals surface area (Å²) in [6.07, 6.45) is -1.67. The van der Waals surface area contributed by atoms with E-state index in [0.717, 1.165) is 17.2 Å². The Bertz CT molecular complexity index is 1160. The molecule has 9 heteroatoms. The lowest BCUT2D eigenvalue weighted by molar-refractivity contribution is -0.0848. The van der Waals surface area contributed by atoms with Gasteiger partial charge in [-0.1, -0.05) is 12.1 Å². The number of pyridine rings is 1. The second-order valence-electron chi connectivity index (χ2n) is 7.35. The number of benzene rings is 1. The average Bonchev–Trinajstić information content (AvgIpc) is 3.23. The van der Waals surface area contributed by atoms with E-state index in [1.54, 1.807) is 23.0 Å². The molecular formula is C20H22N2O6S. The standard InChI is InChI=1S/C20H22N2O6S/c1-11-6-8-21-19-14(11)7-9-22(19)20-17(25)16(24)18(28-20)15(23)12-4-3-5-13(10-12)29(2,26)27/h3-10,15-18,20,23-25H,1-2H3/t15-,16+,17-,18-,20-/m1/s1. The van der Waals surface area contributed by atoms with Gasteiger partial charge in [0, 0.05) is 24.0 Å². The molecule has 29 heavy (non-hydrogen) atoms. The number of aryl methyl sites for hydroxylation is 1. The van der Waals surface area contributed by atoms with Gasteiger partial charge in [-0.3, -0.25) is 0 Å². The number of aliphatic hydroxyl groups is 3. The van der Waals surface area contributed by atoms with Gasteiger partial charge in [-0.05, 0) is 42.3 Å². The molecule has 0 radical (unpaired) electrons. The summed E-state index contributed by atoms with van der Waals surface area (Å²) in [6.45, 7) is 1.94. The molecule has 5 atom stereocenters. The number of rotatable bonds is 4. The summed E-state index contributed by atoms with van der Waals surface area (Å²) in [5.74, 6) is 0. The number of ether oxygens (including phenoxy) is 1. The number of hydrogen-bond donors (Lipinski definition) is 3. The zero-order valence-electron chi connectivity index (χ0n) is 15.9. The van der Waals surface area contributed by atoms with Crippen LogP contribution in [-0.2, 0) is 14.6 Å². The highest BCUT2D eigenvalue weighted by Gasteiger charge is 2.47. The highest BCUT2D eigenvalue weighted by Crippen LogP contribution is 2.38. The van der Waals surface area contributed by atoms with E-state index in [1.807, 2.05) is 19.1 Å². The van der Waals surface area contributed by atoms with Crippen molar-refractivity contribution in [3.63, 3.8) is 0 Å². The molecule has 1 aliphatic heterocycles. The first-order chi connectivity index (χ1) is 13.7. The third kappa shape index (κ3) is 3.45. The smallest absolute Gasteiger partial charge is 0.175 e. The van der Waals surface area contributed by atoms with Gasteiger partial charge in [-0.15, -0.1) is 0 Å². The lowest BCUT2D eigenvalue weighted by Crippen LogP contribution is -2.34. The first kappa shape index (κ1) is 20.0. The van der Waals surface area contributed by atoms with Crippen molar-refractivity contribution in [2.24, 2.45) is 0 Å². The van der Waals surface area contributed by atoms with Crippen molar-refractivity contribution in [3.05, 3.63) is 59.9 Å². The molecule has 3 N–H and O–H groups in total. The maximum absolute atomic E-state index is 11.8. The van der Waals surface area contributed by atoms with Crippen molar-refractivity contribution in [2.45, 2.75) is 42.5 Å². The van der Waals surface area contributed by atoms with Crippen molar-refractivity contribution in [2.75, 3.05) is 6.26 Å².